The monoisotopic (exact) mass is 422 g/mol. The molecule has 4 nitrogen and oxygen atoms in total. The van der Waals surface area contributed by atoms with Crippen LogP contribution in [-0.2, 0) is 0 Å². The van der Waals surface area contributed by atoms with E-state index in [1.165, 1.54) is 0 Å². The normalized spacial score (nSPS) is 10.7. The Kier molecular flexibility index (Phi) is 5.38. The van der Waals surface area contributed by atoms with Crippen LogP contribution >= 0.6 is 23.2 Å². The number of benzene rings is 3. The average Bonchev–Trinajstić information content (AvgIpc) is 2.71. The van der Waals surface area contributed by atoms with Crippen LogP contribution in [0.4, 0.5) is 5.69 Å². The molecule has 4 rings (SSSR count). The minimum atomic E-state index is -0.402. The highest BCUT2D eigenvalue weighted by Gasteiger charge is 2.17. The summed E-state index contributed by atoms with van der Waals surface area (Å²) in [6.07, 6.45) is 1.72. The lowest BCUT2D eigenvalue weighted by Crippen LogP contribution is -2.13. The van der Waals surface area contributed by atoms with Crippen molar-refractivity contribution < 1.29 is 9.53 Å². The van der Waals surface area contributed by atoms with Gasteiger partial charge in [0.05, 0.1) is 26.8 Å². The minimum absolute atomic E-state index is 0.223. The molecule has 0 atom stereocenters. The van der Waals surface area contributed by atoms with Crippen molar-refractivity contribution in [1.29, 1.82) is 0 Å². The van der Waals surface area contributed by atoms with Crippen LogP contribution in [0.1, 0.15) is 15.9 Å². The summed E-state index contributed by atoms with van der Waals surface area (Å²) in [6, 6.07) is 20.0. The molecule has 0 aliphatic carbocycles. The topological polar surface area (TPSA) is 51.2 Å². The number of anilines is 1. The van der Waals surface area contributed by atoms with Gasteiger partial charge in [-0.1, -0.05) is 53.5 Å². The van der Waals surface area contributed by atoms with Crippen LogP contribution in [0.5, 0.6) is 11.5 Å². The van der Waals surface area contributed by atoms with E-state index in [0.717, 1.165) is 16.7 Å². The quantitative estimate of drug-likeness (QED) is 0.389. The number of pyridine rings is 1. The maximum absolute atomic E-state index is 12.8. The first kappa shape index (κ1) is 19.2. The molecule has 0 spiro atoms. The fourth-order valence-electron chi connectivity index (χ4n) is 3.04. The van der Waals surface area contributed by atoms with E-state index in [9.17, 15) is 4.79 Å². The van der Waals surface area contributed by atoms with Crippen LogP contribution < -0.4 is 10.1 Å². The number of nitrogens with zero attached hydrogens (tertiary/aromatic N) is 1. The van der Waals surface area contributed by atoms with Gasteiger partial charge in [0, 0.05) is 17.1 Å². The number of halogens is 2. The summed E-state index contributed by atoms with van der Waals surface area (Å²) < 4.78 is 6.11. The number of carbonyl (C=O) groups is 1. The van der Waals surface area contributed by atoms with Gasteiger partial charge in [-0.2, -0.15) is 0 Å². The SMILES string of the molecule is Cc1cnc2c(NC(=O)c3c(Cl)cccc3Cl)cccc2c1Oc1ccccc1. The Morgan fingerprint density at radius 1 is 0.931 bits per heavy atom. The van der Waals surface area contributed by atoms with E-state index in [1.807, 2.05) is 49.4 Å². The Hall–Kier alpha value is -3.08. The number of carbonyl (C=O) groups excluding carboxylic acids is 1. The molecule has 4 aromatic rings. The lowest BCUT2D eigenvalue weighted by molar-refractivity contribution is 0.102. The van der Waals surface area contributed by atoms with E-state index < -0.39 is 5.91 Å². The largest absolute Gasteiger partial charge is 0.456 e. The number of aryl methyl sites for hydroxylation is 1. The maximum atomic E-state index is 12.8. The number of ether oxygens (including phenoxy) is 1. The Morgan fingerprint density at radius 2 is 1.62 bits per heavy atom. The van der Waals surface area contributed by atoms with Crippen molar-refractivity contribution in [1.82, 2.24) is 4.98 Å². The molecule has 0 aliphatic rings. The molecule has 6 heteroatoms. The standard InChI is InChI=1S/C23H16Cl2N2O2/c1-14-13-26-21-16(22(14)29-15-7-3-2-4-8-15)9-5-12-19(21)27-23(28)20-17(24)10-6-11-18(20)25/h2-13H,1H3,(H,27,28). The zero-order valence-electron chi connectivity index (χ0n) is 15.4. The fourth-order valence-corrected chi connectivity index (χ4v) is 3.61. The van der Waals surface area contributed by atoms with E-state index in [0.29, 0.717) is 17.0 Å². The summed E-state index contributed by atoms with van der Waals surface area (Å²) in [5.74, 6) is 1.01. The Bertz CT molecular complexity index is 1190. The molecule has 0 aliphatic heterocycles. The van der Waals surface area contributed by atoms with Crippen LogP contribution in [0.25, 0.3) is 10.9 Å². The zero-order valence-corrected chi connectivity index (χ0v) is 17.0. The fraction of sp³-hybridized carbons (Fsp3) is 0.0435. The highest BCUT2D eigenvalue weighted by molar-refractivity contribution is 6.40. The highest BCUT2D eigenvalue weighted by atomic mass is 35.5. The molecular formula is C23H16Cl2N2O2. The molecule has 3 aromatic carbocycles. The molecule has 0 bridgehead atoms. The Morgan fingerprint density at radius 3 is 2.34 bits per heavy atom. The molecule has 1 N–H and O–H groups in total. The summed E-state index contributed by atoms with van der Waals surface area (Å²) >= 11 is 12.3. The zero-order chi connectivity index (χ0) is 20.4. The van der Waals surface area contributed by atoms with E-state index >= 15 is 0 Å². The molecule has 0 fully saturated rings. The van der Waals surface area contributed by atoms with E-state index in [2.05, 4.69) is 10.3 Å². The number of fused-ring (bicyclic) bond motifs is 1. The molecule has 29 heavy (non-hydrogen) atoms. The van der Waals surface area contributed by atoms with Crippen molar-refractivity contribution in [2.24, 2.45) is 0 Å². The number of hydrogen-bond acceptors (Lipinski definition) is 3. The number of para-hydroxylation sites is 2. The number of amides is 1. The van der Waals surface area contributed by atoms with Gasteiger partial charge in [0.15, 0.2) is 0 Å². The van der Waals surface area contributed by atoms with Crippen molar-refractivity contribution in [3.63, 3.8) is 0 Å². The third-order valence-electron chi connectivity index (χ3n) is 4.43. The second-order valence-electron chi connectivity index (χ2n) is 6.44. The second kappa shape index (κ2) is 8.11. The number of nitrogens with one attached hydrogen (secondary N) is 1. The smallest absolute Gasteiger partial charge is 0.258 e. The van der Waals surface area contributed by atoms with Gasteiger partial charge < -0.3 is 10.1 Å². The molecule has 1 aromatic heterocycles. The van der Waals surface area contributed by atoms with Crippen LogP contribution in [0.15, 0.2) is 72.9 Å². The Balaban J connectivity index is 1.75. The molecular weight excluding hydrogens is 407 g/mol. The third-order valence-corrected chi connectivity index (χ3v) is 5.06. The molecule has 0 saturated heterocycles. The Labute approximate surface area is 178 Å². The van der Waals surface area contributed by atoms with Gasteiger partial charge in [-0.25, -0.2) is 0 Å². The van der Waals surface area contributed by atoms with E-state index in [-0.39, 0.29) is 15.6 Å². The molecule has 1 amide bonds. The van der Waals surface area contributed by atoms with E-state index in [4.69, 9.17) is 27.9 Å². The van der Waals surface area contributed by atoms with Crippen molar-refractivity contribution in [2.45, 2.75) is 6.92 Å². The van der Waals surface area contributed by atoms with Gasteiger partial charge in [-0.05, 0) is 43.3 Å². The molecule has 0 radical (unpaired) electrons. The predicted octanol–water partition coefficient (Wildman–Crippen LogP) is 6.89. The van der Waals surface area contributed by atoms with Crippen molar-refractivity contribution in [3.05, 3.63) is 94.1 Å². The predicted molar refractivity (Wildman–Crippen MR) is 117 cm³/mol. The van der Waals surface area contributed by atoms with E-state index in [1.54, 1.807) is 30.5 Å². The van der Waals surface area contributed by atoms with Crippen molar-refractivity contribution in [2.75, 3.05) is 5.32 Å². The minimum Gasteiger partial charge on any atom is -0.456 e. The molecule has 0 saturated carbocycles. The van der Waals surface area contributed by atoms with Crippen LogP contribution in [0, 0.1) is 6.92 Å². The highest BCUT2D eigenvalue weighted by Crippen LogP contribution is 2.35. The summed E-state index contributed by atoms with van der Waals surface area (Å²) in [6.45, 7) is 1.93. The second-order valence-corrected chi connectivity index (χ2v) is 7.25. The molecule has 1 heterocycles. The number of rotatable bonds is 4. The number of aromatic nitrogens is 1. The summed E-state index contributed by atoms with van der Waals surface area (Å²) in [5, 5.41) is 4.23. The molecule has 144 valence electrons. The van der Waals surface area contributed by atoms with Crippen LogP contribution in [0.3, 0.4) is 0 Å². The van der Waals surface area contributed by atoms with Gasteiger partial charge >= 0.3 is 0 Å². The van der Waals surface area contributed by atoms with Crippen LogP contribution in [-0.4, -0.2) is 10.9 Å². The lowest BCUT2D eigenvalue weighted by atomic mass is 10.1. The maximum Gasteiger partial charge on any atom is 0.258 e. The van der Waals surface area contributed by atoms with Crippen LogP contribution in [0.2, 0.25) is 10.0 Å². The molecule has 0 unspecified atom stereocenters. The third kappa shape index (κ3) is 3.90. The van der Waals surface area contributed by atoms with Gasteiger partial charge in [0.1, 0.15) is 11.5 Å². The first-order valence-corrected chi connectivity index (χ1v) is 9.67. The van der Waals surface area contributed by atoms with Gasteiger partial charge in [0.2, 0.25) is 0 Å². The van der Waals surface area contributed by atoms with Gasteiger partial charge in [-0.3, -0.25) is 9.78 Å². The summed E-state index contributed by atoms with van der Waals surface area (Å²) in [5.41, 5.74) is 2.27. The van der Waals surface area contributed by atoms with Gasteiger partial charge in [0.25, 0.3) is 5.91 Å². The first-order chi connectivity index (χ1) is 14.0. The first-order valence-electron chi connectivity index (χ1n) is 8.91. The average molecular weight is 423 g/mol. The summed E-state index contributed by atoms with van der Waals surface area (Å²) in [4.78, 5) is 17.3. The lowest BCUT2D eigenvalue weighted by Gasteiger charge is -2.14. The van der Waals surface area contributed by atoms with Crippen molar-refractivity contribution in [3.8, 4) is 11.5 Å². The van der Waals surface area contributed by atoms with Crippen molar-refractivity contribution >= 4 is 45.7 Å². The summed E-state index contributed by atoms with van der Waals surface area (Å²) in [7, 11) is 0. The van der Waals surface area contributed by atoms with Gasteiger partial charge in [-0.15, -0.1) is 0 Å². The number of hydrogen-bond donors (Lipinski definition) is 1.